The predicted octanol–water partition coefficient (Wildman–Crippen LogP) is 6.04. The Morgan fingerprint density at radius 1 is 0.405 bits per heavy atom. The molecule has 0 fully saturated rings. The minimum Gasteiger partial charge on any atom is -0.481 e. The highest BCUT2D eigenvalue weighted by molar-refractivity contribution is 5.66. The van der Waals surface area contributed by atoms with Gasteiger partial charge in [-0.05, 0) is 6.42 Å². The van der Waals surface area contributed by atoms with E-state index in [1.54, 1.807) is 0 Å². The van der Waals surface area contributed by atoms with Crippen LogP contribution in [0.2, 0.25) is 0 Å². The second kappa shape index (κ2) is 33.3. The summed E-state index contributed by atoms with van der Waals surface area (Å²) < 4.78 is 32.5. The second-order valence-corrected chi connectivity index (χ2v) is 9.41. The lowest BCUT2D eigenvalue weighted by molar-refractivity contribution is -0.138. The van der Waals surface area contributed by atoms with E-state index in [0.717, 1.165) is 13.0 Å². The molecule has 0 aliphatic heterocycles. The first-order valence-corrected chi connectivity index (χ1v) is 15.0. The van der Waals surface area contributed by atoms with Gasteiger partial charge in [0, 0.05) is 6.61 Å². The van der Waals surface area contributed by atoms with E-state index in [0.29, 0.717) is 66.1 Å². The van der Waals surface area contributed by atoms with Gasteiger partial charge in [-0.3, -0.25) is 4.79 Å². The molecule has 0 bridgehead atoms. The van der Waals surface area contributed by atoms with Crippen LogP contribution in [-0.2, 0) is 33.2 Å². The second-order valence-electron chi connectivity index (χ2n) is 9.41. The number of hydrogen-bond donors (Lipinski definition) is 1. The molecule has 0 aromatic carbocycles. The molecule has 0 radical (unpaired) electrons. The van der Waals surface area contributed by atoms with Crippen molar-refractivity contribution in [3.63, 3.8) is 0 Å². The molecule has 0 atom stereocenters. The van der Waals surface area contributed by atoms with Crippen molar-refractivity contribution >= 4 is 5.97 Å². The topological polar surface area (TPSA) is 92.7 Å². The Morgan fingerprint density at radius 3 is 1.00 bits per heavy atom. The van der Waals surface area contributed by atoms with E-state index in [4.69, 9.17) is 33.5 Å². The minimum absolute atomic E-state index is 0.0154. The van der Waals surface area contributed by atoms with Gasteiger partial charge in [-0.25, -0.2) is 0 Å². The first-order valence-electron chi connectivity index (χ1n) is 15.0. The maximum absolute atomic E-state index is 10.3. The molecule has 0 rings (SSSR count). The van der Waals surface area contributed by atoms with Crippen LogP contribution in [0.5, 0.6) is 0 Å². The van der Waals surface area contributed by atoms with Crippen LogP contribution < -0.4 is 0 Å². The number of carboxylic acid groups (broad SMARTS) is 1. The van der Waals surface area contributed by atoms with Crippen LogP contribution in [-0.4, -0.2) is 90.4 Å². The summed E-state index contributed by atoms with van der Waals surface area (Å²) >= 11 is 0. The number of carbonyl (C=O) groups is 1. The van der Waals surface area contributed by atoms with Gasteiger partial charge in [-0.1, -0.05) is 90.4 Å². The smallest absolute Gasteiger partial charge is 0.305 e. The van der Waals surface area contributed by atoms with Crippen molar-refractivity contribution in [1.29, 1.82) is 0 Å². The zero-order chi connectivity index (χ0) is 26.9. The van der Waals surface area contributed by atoms with E-state index in [1.807, 2.05) is 0 Å². The molecule has 222 valence electrons. The van der Waals surface area contributed by atoms with Crippen LogP contribution in [0.25, 0.3) is 0 Å². The van der Waals surface area contributed by atoms with Gasteiger partial charge in [-0.2, -0.15) is 0 Å². The van der Waals surface area contributed by atoms with Crippen LogP contribution in [0.15, 0.2) is 0 Å². The number of hydrogen-bond acceptors (Lipinski definition) is 7. The molecule has 0 aromatic rings. The fraction of sp³-hybridized carbons (Fsp3) is 0.966. The summed E-state index contributed by atoms with van der Waals surface area (Å²) in [5.41, 5.74) is 0. The van der Waals surface area contributed by atoms with E-state index < -0.39 is 5.97 Å². The fourth-order valence-electron chi connectivity index (χ4n) is 3.76. The average Bonchev–Trinajstić information content (AvgIpc) is 2.89. The molecule has 0 amide bonds. The number of aliphatic carboxylic acids is 1. The van der Waals surface area contributed by atoms with E-state index >= 15 is 0 Å². The molecule has 0 unspecified atom stereocenters. The lowest BCUT2D eigenvalue weighted by atomic mass is 10.0. The molecule has 1 N–H and O–H groups in total. The molecule has 8 heteroatoms. The van der Waals surface area contributed by atoms with Crippen molar-refractivity contribution in [2.24, 2.45) is 0 Å². The van der Waals surface area contributed by atoms with Gasteiger partial charge in [0.1, 0.15) is 0 Å². The Morgan fingerprint density at radius 2 is 0.676 bits per heavy atom. The summed E-state index contributed by atoms with van der Waals surface area (Å²) in [7, 11) is 0. The van der Waals surface area contributed by atoms with Crippen LogP contribution in [0.4, 0.5) is 0 Å². The molecule has 0 aliphatic rings. The van der Waals surface area contributed by atoms with Crippen molar-refractivity contribution < 1.29 is 38.3 Å². The summed E-state index contributed by atoms with van der Waals surface area (Å²) in [6.45, 7) is 8.51. The summed E-state index contributed by atoms with van der Waals surface area (Å²) in [6.07, 6.45) is 19.2. The molecule has 0 spiro atoms. The first kappa shape index (κ1) is 36.2. The number of unbranched alkanes of at least 4 members (excludes halogenated alkanes) is 13. The van der Waals surface area contributed by atoms with E-state index in [-0.39, 0.29) is 13.0 Å². The average molecular weight is 535 g/mol. The third-order valence-corrected chi connectivity index (χ3v) is 5.96. The molecule has 8 nitrogen and oxygen atoms in total. The third kappa shape index (κ3) is 35.2. The fourth-order valence-corrected chi connectivity index (χ4v) is 3.76. The zero-order valence-electron chi connectivity index (χ0n) is 23.9. The lowest BCUT2D eigenvalue weighted by Crippen LogP contribution is -2.14. The maximum atomic E-state index is 10.3. The van der Waals surface area contributed by atoms with Gasteiger partial charge in [0.25, 0.3) is 0 Å². The van der Waals surface area contributed by atoms with Crippen molar-refractivity contribution in [3.05, 3.63) is 0 Å². The standard InChI is InChI=1S/C29H58O8/c1-2-3-4-5-6-7-8-9-10-11-12-13-14-15-17-32-19-21-34-23-25-36-27-28-37-26-24-35-22-20-33-18-16-29(30)31/h2-28H2,1H3,(H,30,31). The van der Waals surface area contributed by atoms with Crippen molar-refractivity contribution in [3.8, 4) is 0 Å². The van der Waals surface area contributed by atoms with Crippen LogP contribution in [0.3, 0.4) is 0 Å². The SMILES string of the molecule is CCCCCCCCCCCCCCCCOCCOCCOCCOCCOCCOCCC(=O)O. The molecule has 0 saturated carbocycles. The van der Waals surface area contributed by atoms with Gasteiger partial charge < -0.3 is 33.5 Å². The largest absolute Gasteiger partial charge is 0.481 e. The van der Waals surface area contributed by atoms with Gasteiger partial charge in [0.2, 0.25) is 0 Å². The predicted molar refractivity (Wildman–Crippen MR) is 147 cm³/mol. The normalized spacial score (nSPS) is 11.4. The summed E-state index contributed by atoms with van der Waals surface area (Å²) in [4.78, 5) is 10.3. The van der Waals surface area contributed by atoms with E-state index in [1.165, 1.54) is 83.5 Å². The van der Waals surface area contributed by atoms with Crippen LogP contribution in [0.1, 0.15) is 103 Å². The minimum atomic E-state index is -0.859. The van der Waals surface area contributed by atoms with Gasteiger partial charge in [0.05, 0.1) is 79.1 Å². The van der Waals surface area contributed by atoms with Crippen molar-refractivity contribution in [2.45, 2.75) is 103 Å². The molecular formula is C29H58O8. The molecule has 37 heavy (non-hydrogen) atoms. The lowest BCUT2D eigenvalue weighted by Gasteiger charge is -2.08. The highest BCUT2D eigenvalue weighted by Gasteiger charge is 1.97. The summed E-state index contributed by atoms with van der Waals surface area (Å²) in [6, 6.07) is 0. The third-order valence-electron chi connectivity index (χ3n) is 5.96. The van der Waals surface area contributed by atoms with E-state index in [2.05, 4.69) is 6.92 Å². The quantitative estimate of drug-likeness (QED) is 0.102. The highest BCUT2D eigenvalue weighted by atomic mass is 16.6. The van der Waals surface area contributed by atoms with Crippen LogP contribution in [0, 0.1) is 0 Å². The van der Waals surface area contributed by atoms with Crippen LogP contribution >= 0.6 is 0 Å². The Kier molecular flexibility index (Phi) is 32.6. The molecule has 0 aromatic heterocycles. The Labute approximate surface area is 227 Å². The Hall–Kier alpha value is -0.770. The van der Waals surface area contributed by atoms with Crippen molar-refractivity contribution in [1.82, 2.24) is 0 Å². The monoisotopic (exact) mass is 534 g/mol. The van der Waals surface area contributed by atoms with Gasteiger partial charge in [0.15, 0.2) is 0 Å². The highest BCUT2D eigenvalue weighted by Crippen LogP contribution is 2.12. The Bertz CT molecular complexity index is 436. The maximum Gasteiger partial charge on any atom is 0.305 e. The van der Waals surface area contributed by atoms with Crippen molar-refractivity contribution in [2.75, 3.05) is 79.3 Å². The Balaban J connectivity index is 3.02. The summed E-state index contributed by atoms with van der Waals surface area (Å²) in [5.74, 6) is -0.859. The molecule has 0 aliphatic carbocycles. The van der Waals surface area contributed by atoms with Gasteiger partial charge >= 0.3 is 5.97 Å². The van der Waals surface area contributed by atoms with E-state index in [9.17, 15) is 4.79 Å². The number of rotatable bonds is 33. The number of carboxylic acids is 1. The molecule has 0 saturated heterocycles. The molecular weight excluding hydrogens is 476 g/mol. The first-order chi connectivity index (χ1) is 18.3. The summed E-state index contributed by atoms with van der Waals surface area (Å²) in [5, 5.41) is 8.48. The zero-order valence-corrected chi connectivity index (χ0v) is 23.9. The molecule has 0 heterocycles. The van der Waals surface area contributed by atoms with Gasteiger partial charge in [-0.15, -0.1) is 0 Å². The number of ether oxygens (including phenoxy) is 6.